The first-order valence-electron chi connectivity index (χ1n) is 6.57. The molecule has 2 aromatic rings. The fourth-order valence-corrected chi connectivity index (χ4v) is 2.29. The van der Waals surface area contributed by atoms with E-state index in [0.29, 0.717) is 12.1 Å². The summed E-state index contributed by atoms with van der Waals surface area (Å²) in [6.07, 6.45) is 0.264. The molecular formula is C16H13FN2O2. The quantitative estimate of drug-likeness (QED) is 0.917. The number of carbonyl (C=O) groups is 2. The Morgan fingerprint density at radius 3 is 2.43 bits per heavy atom. The summed E-state index contributed by atoms with van der Waals surface area (Å²) < 4.78 is 12.8. The fraction of sp³-hybridized carbons (Fsp3) is 0.125. The van der Waals surface area contributed by atoms with Crippen LogP contribution in [-0.4, -0.2) is 16.8 Å². The van der Waals surface area contributed by atoms with E-state index < -0.39 is 11.7 Å². The third-order valence-corrected chi connectivity index (χ3v) is 3.43. The summed E-state index contributed by atoms with van der Waals surface area (Å²) in [7, 11) is 0. The monoisotopic (exact) mass is 284 g/mol. The van der Waals surface area contributed by atoms with E-state index in [0.717, 1.165) is 11.1 Å². The molecule has 1 aliphatic rings. The highest BCUT2D eigenvalue weighted by Gasteiger charge is 2.24. The average molecular weight is 284 g/mol. The third-order valence-electron chi connectivity index (χ3n) is 3.43. The largest absolute Gasteiger partial charge is 0.273 e. The Hall–Kier alpha value is -2.69. The zero-order valence-corrected chi connectivity index (χ0v) is 11.2. The Balaban J connectivity index is 1.75. The van der Waals surface area contributed by atoms with Crippen molar-refractivity contribution in [2.24, 2.45) is 0 Å². The number of hydrogen-bond acceptors (Lipinski definition) is 2. The lowest BCUT2D eigenvalue weighted by molar-refractivity contribution is -0.134. The Morgan fingerprint density at radius 2 is 1.71 bits per heavy atom. The lowest BCUT2D eigenvalue weighted by Crippen LogP contribution is -2.48. The van der Waals surface area contributed by atoms with Crippen molar-refractivity contribution in [2.45, 2.75) is 13.0 Å². The van der Waals surface area contributed by atoms with E-state index in [-0.39, 0.29) is 12.3 Å². The number of amides is 2. The number of nitrogens with one attached hydrogen (secondary N) is 1. The van der Waals surface area contributed by atoms with Gasteiger partial charge in [-0.25, -0.2) is 9.40 Å². The maximum absolute atomic E-state index is 12.8. The SMILES string of the molecule is O=C(NN1Cc2ccccc2CC1=O)c1ccc(F)cc1. The van der Waals surface area contributed by atoms with Crippen LogP contribution >= 0.6 is 0 Å². The molecule has 1 heterocycles. The molecule has 0 fully saturated rings. The van der Waals surface area contributed by atoms with E-state index in [9.17, 15) is 14.0 Å². The van der Waals surface area contributed by atoms with Gasteiger partial charge in [0.1, 0.15) is 5.82 Å². The highest BCUT2D eigenvalue weighted by Crippen LogP contribution is 2.18. The van der Waals surface area contributed by atoms with Gasteiger partial charge >= 0.3 is 0 Å². The summed E-state index contributed by atoms with van der Waals surface area (Å²) in [5.74, 6) is -0.999. The zero-order chi connectivity index (χ0) is 14.8. The second-order valence-electron chi connectivity index (χ2n) is 4.87. The van der Waals surface area contributed by atoms with Gasteiger partial charge in [0.15, 0.2) is 0 Å². The molecule has 0 bridgehead atoms. The zero-order valence-electron chi connectivity index (χ0n) is 11.2. The molecule has 2 amide bonds. The smallest absolute Gasteiger partial charge is 0.269 e. The van der Waals surface area contributed by atoms with Crippen LogP contribution in [0.4, 0.5) is 4.39 Å². The molecule has 0 radical (unpaired) electrons. The van der Waals surface area contributed by atoms with Gasteiger partial charge in [0.2, 0.25) is 5.91 Å². The predicted molar refractivity (Wildman–Crippen MR) is 74.6 cm³/mol. The summed E-state index contributed by atoms with van der Waals surface area (Å²) in [6.45, 7) is 0.335. The van der Waals surface area contributed by atoms with Crippen LogP contribution in [0, 0.1) is 5.82 Å². The van der Waals surface area contributed by atoms with Crippen LogP contribution in [0.1, 0.15) is 21.5 Å². The van der Waals surface area contributed by atoms with E-state index in [1.54, 1.807) is 0 Å². The number of fused-ring (bicyclic) bond motifs is 1. The minimum Gasteiger partial charge on any atom is -0.273 e. The number of halogens is 1. The standard InChI is InChI=1S/C16H13FN2O2/c17-14-7-5-11(6-8-14)16(21)18-19-10-13-4-2-1-3-12(13)9-15(19)20/h1-8H,9-10H2,(H,18,21). The van der Waals surface area contributed by atoms with Gasteiger partial charge < -0.3 is 0 Å². The van der Waals surface area contributed by atoms with Gasteiger partial charge in [0, 0.05) is 5.56 Å². The maximum Gasteiger partial charge on any atom is 0.269 e. The molecule has 1 aliphatic heterocycles. The van der Waals surface area contributed by atoms with Gasteiger partial charge in [-0.15, -0.1) is 0 Å². The normalized spacial score (nSPS) is 13.8. The molecule has 5 heteroatoms. The first-order chi connectivity index (χ1) is 10.1. The van der Waals surface area contributed by atoms with E-state index in [1.165, 1.54) is 29.3 Å². The molecule has 0 aliphatic carbocycles. The van der Waals surface area contributed by atoms with Gasteiger partial charge in [0.25, 0.3) is 5.91 Å². The highest BCUT2D eigenvalue weighted by atomic mass is 19.1. The van der Waals surface area contributed by atoms with Crippen LogP contribution in [0.3, 0.4) is 0 Å². The maximum atomic E-state index is 12.8. The average Bonchev–Trinajstić information content (AvgIpc) is 2.48. The van der Waals surface area contributed by atoms with Gasteiger partial charge in [-0.05, 0) is 35.4 Å². The summed E-state index contributed by atoms with van der Waals surface area (Å²) in [5.41, 5.74) is 4.87. The van der Waals surface area contributed by atoms with Crippen molar-refractivity contribution in [3.05, 3.63) is 71.0 Å². The van der Waals surface area contributed by atoms with Gasteiger partial charge in [0.05, 0.1) is 13.0 Å². The van der Waals surface area contributed by atoms with Gasteiger partial charge in [-0.1, -0.05) is 24.3 Å². The minimum absolute atomic E-state index is 0.163. The first kappa shape index (κ1) is 13.3. The summed E-state index contributed by atoms with van der Waals surface area (Å²) in [4.78, 5) is 24.1. The summed E-state index contributed by atoms with van der Waals surface area (Å²) in [5, 5.41) is 1.30. The molecule has 0 unspecified atom stereocenters. The number of hydrogen-bond donors (Lipinski definition) is 1. The van der Waals surface area contributed by atoms with Crippen molar-refractivity contribution in [1.82, 2.24) is 10.4 Å². The second-order valence-corrected chi connectivity index (χ2v) is 4.87. The van der Waals surface area contributed by atoms with Crippen molar-refractivity contribution in [3.8, 4) is 0 Å². The van der Waals surface area contributed by atoms with E-state index in [1.807, 2.05) is 24.3 Å². The predicted octanol–water partition coefficient (Wildman–Crippen LogP) is 2.06. The molecule has 0 aromatic heterocycles. The van der Waals surface area contributed by atoms with E-state index in [2.05, 4.69) is 5.43 Å². The number of benzene rings is 2. The van der Waals surface area contributed by atoms with Gasteiger partial charge in [-0.2, -0.15) is 0 Å². The lowest BCUT2D eigenvalue weighted by Gasteiger charge is -2.28. The molecule has 0 atom stereocenters. The third kappa shape index (κ3) is 2.76. The number of rotatable bonds is 2. The number of hydrazine groups is 1. The highest BCUT2D eigenvalue weighted by molar-refractivity contribution is 5.95. The molecule has 3 rings (SSSR count). The van der Waals surface area contributed by atoms with E-state index >= 15 is 0 Å². The van der Waals surface area contributed by atoms with Crippen LogP contribution in [0.15, 0.2) is 48.5 Å². The molecule has 0 spiro atoms. The Bertz CT molecular complexity index is 698. The molecule has 0 saturated heterocycles. The van der Waals surface area contributed by atoms with Crippen LogP contribution in [0.25, 0.3) is 0 Å². The van der Waals surface area contributed by atoms with Crippen molar-refractivity contribution in [1.29, 1.82) is 0 Å². The van der Waals surface area contributed by atoms with Crippen molar-refractivity contribution >= 4 is 11.8 Å². The molecular weight excluding hydrogens is 271 g/mol. The van der Waals surface area contributed by atoms with Crippen LogP contribution in [0.5, 0.6) is 0 Å². The van der Waals surface area contributed by atoms with Crippen LogP contribution in [0.2, 0.25) is 0 Å². The molecule has 0 saturated carbocycles. The van der Waals surface area contributed by atoms with Crippen LogP contribution < -0.4 is 5.43 Å². The number of nitrogens with zero attached hydrogens (tertiary/aromatic N) is 1. The van der Waals surface area contributed by atoms with Gasteiger partial charge in [-0.3, -0.25) is 15.0 Å². The Kier molecular flexibility index (Phi) is 3.39. The van der Waals surface area contributed by atoms with Crippen LogP contribution in [-0.2, 0) is 17.8 Å². The molecule has 4 nitrogen and oxygen atoms in total. The van der Waals surface area contributed by atoms with Crippen molar-refractivity contribution in [3.63, 3.8) is 0 Å². The topological polar surface area (TPSA) is 49.4 Å². The first-order valence-corrected chi connectivity index (χ1v) is 6.57. The number of carbonyl (C=O) groups excluding carboxylic acids is 2. The minimum atomic E-state index is -0.428. The summed E-state index contributed by atoms with van der Waals surface area (Å²) in [6, 6.07) is 12.8. The molecule has 2 aromatic carbocycles. The van der Waals surface area contributed by atoms with E-state index in [4.69, 9.17) is 0 Å². The summed E-state index contributed by atoms with van der Waals surface area (Å²) >= 11 is 0. The van der Waals surface area contributed by atoms with Crippen molar-refractivity contribution < 1.29 is 14.0 Å². The molecule has 21 heavy (non-hydrogen) atoms. The second kappa shape index (κ2) is 5.36. The fourth-order valence-electron chi connectivity index (χ4n) is 2.29. The molecule has 106 valence electrons. The Morgan fingerprint density at radius 1 is 1.05 bits per heavy atom. The Labute approximate surface area is 121 Å². The lowest BCUT2D eigenvalue weighted by atomic mass is 10.0. The van der Waals surface area contributed by atoms with Crippen molar-refractivity contribution in [2.75, 3.05) is 0 Å². The molecule has 1 N–H and O–H groups in total.